The molecule has 4 amide bonds. The van der Waals surface area contributed by atoms with Crippen molar-refractivity contribution < 1.29 is 84.6 Å². The third-order valence-electron chi connectivity index (χ3n) is 24.1. The summed E-state index contributed by atoms with van der Waals surface area (Å²) in [5, 5.41) is 12.5. The van der Waals surface area contributed by atoms with Crippen LogP contribution in [0.25, 0.3) is 21.8 Å². The predicted octanol–water partition coefficient (Wildman–Crippen LogP) is 9.05. The van der Waals surface area contributed by atoms with Crippen molar-refractivity contribution in [3.8, 4) is 11.5 Å². The molecule has 608 valence electrons. The minimum atomic E-state index is -1.28. The lowest BCUT2D eigenvalue weighted by Crippen LogP contribution is -2.42. The Balaban J connectivity index is 0.000000158. The number of carboxylic acid groups (broad SMARTS) is 1. The first-order valence-electron chi connectivity index (χ1n) is 39.1. The number of piperidine rings is 2. The molecule has 6 atom stereocenters. The van der Waals surface area contributed by atoms with E-state index in [1.165, 1.54) is 54.9 Å². The van der Waals surface area contributed by atoms with Gasteiger partial charge in [-0.3, -0.25) is 29.0 Å². The summed E-state index contributed by atoms with van der Waals surface area (Å²) in [5.41, 5.74) is 2.65. The van der Waals surface area contributed by atoms with Crippen molar-refractivity contribution in [2.45, 2.75) is 129 Å². The third-order valence-corrected chi connectivity index (χ3v) is 24.1. The van der Waals surface area contributed by atoms with Crippen molar-refractivity contribution in [2.75, 3.05) is 182 Å². The topological polar surface area (TPSA) is 272 Å². The van der Waals surface area contributed by atoms with Crippen LogP contribution in [0.3, 0.4) is 0 Å². The Hall–Kier alpha value is -9.92. The molecule has 8 aliphatic heterocycles. The first-order chi connectivity index (χ1) is 54.2. The van der Waals surface area contributed by atoms with Crippen molar-refractivity contribution in [3.63, 3.8) is 0 Å². The number of hydrogen-bond acceptors (Lipinski definition) is 21. The molecule has 16 rings (SSSR count). The maximum atomic E-state index is 16.7. The molecule has 2 saturated carbocycles. The lowest BCUT2D eigenvalue weighted by molar-refractivity contribution is -0.134. The predicted molar refractivity (Wildman–Crippen MR) is 415 cm³/mol. The molecule has 2 aromatic heterocycles. The Kier molecular flexibility index (Phi) is 23.2. The molecule has 0 spiro atoms. The van der Waals surface area contributed by atoms with Gasteiger partial charge in [-0.05, 0) is 154 Å². The lowest BCUT2D eigenvalue weighted by atomic mass is 9.93. The Morgan fingerprint density at radius 2 is 1.00 bits per heavy atom. The molecule has 4 unspecified atom stereocenters. The van der Waals surface area contributed by atoms with Crippen LogP contribution in [0, 0.1) is 62.8 Å². The molecular weight excluding hydrogens is 1470 g/mol. The van der Waals surface area contributed by atoms with Crippen LogP contribution >= 0.6 is 0 Å². The number of hydrogen-bond donors (Lipinski definition) is 2. The van der Waals surface area contributed by atoms with Crippen LogP contribution in [0.4, 0.5) is 61.3 Å². The number of esters is 1. The van der Waals surface area contributed by atoms with Gasteiger partial charge in [-0.25, -0.2) is 36.7 Å². The number of aromatic nitrogens is 2. The number of rotatable bonds is 18. The van der Waals surface area contributed by atoms with Gasteiger partial charge in [-0.15, -0.1) is 0 Å². The molecule has 32 heteroatoms. The zero-order chi connectivity index (χ0) is 80.3. The van der Waals surface area contributed by atoms with Gasteiger partial charge in [0.05, 0.1) is 111 Å². The molecule has 113 heavy (non-hydrogen) atoms. The van der Waals surface area contributed by atoms with E-state index in [9.17, 15) is 47.9 Å². The molecule has 4 aromatic carbocycles. The van der Waals surface area contributed by atoms with E-state index in [1.54, 1.807) is 52.0 Å². The number of ether oxygens (including phenoxy) is 7. The molecule has 2 aliphatic carbocycles. The molecule has 0 radical (unpaired) electrons. The van der Waals surface area contributed by atoms with Crippen LogP contribution in [-0.4, -0.2) is 242 Å². The molecular formula is C81H100F4N12O16. The monoisotopic (exact) mass is 1570 g/mol. The highest BCUT2D eigenvalue weighted by Crippen LogP contribution is 2.50. The summed E-state index contributed by atoms with van der Waals surface area (Å²) < 4.78 is 105. The number of nitrogens with one attached hydrogen (secondary N) is 1. The smallest absolute Gasteiger partial charge is 0.414 e. The number of likely N-dealkylation sites (tertiary alicyclic amines) is 2. The van der Waals surface area contributed by atoms with E-state index in [4.69, 9.17) is 33.2 Å². The number of pyridine rings is 2. The van der Waals surface area contributed by atoms with Crippen LogP contribution in [0.5, 0.6) is 11.5 Å². The maximum Gasteiger partial charge on any atom is 0.414 e. The van der Waals surface area contributed by atoms with E-state index >= 15 is 13.2 Å². The van der Waals surface area contributed by atoms with Gasteiger partial charge in [0.25, 0.3) is 0 Å². The van der Waals surface area contributed by atoms with Crippen molar-refractivity contribution in [3.05, 3.63) is 114 Å². The zero-order valence-corrected chi connectivity index (χ0v) is 65.7. The van der Waals surface area contributed by atoms with E-state index in [-0.39, 0.29) is 88.8 Å². The summed E-state index contributed by atoms with van der Waals surface area (Å²) in [6.45, 7) is 18.4. The number of amides is 4. The molecule has 2 N–H and O–H groups in total. The number of halogens is 4. The van der Waals surface area contributed by atoms with Gasteiger partial charge in [0.1, 0.15) is 46.3 Å². The summed E-state index contributed by atoms with van der Waals surface area (Å²) in [6, 6.07) is 9.97. The first kappa shape index (κ1) is 79.7. The minimum Gasteiger partial charge on any atom is -0.492 e. The highest BCUT2D eigenvalue weighted by Gasteiger charge is 2.45. The number of morpholine rings is 2. The van der Waals surface area contributed by atoms with Crippen molar-refractivity contribution in [1.82, 2.24) is 29.2 Å². The number of fused-ring (bicyclic) bond motifs is 4. The minimum absolute atomic E-state index is 0.0207. The average molecular weight is 1570 g/mol. The summed E-state index contributed by atoms with van der Waals surface area (Å²) in [7, 11) is 7.22. The number of carbonyl (C=O) groups excluding carboxylic acids is 5. The van der Waals surface area contributed by atoms with E-state index in [1.807, 2.05) is 18.9 Å². The molecule has 10 fully saturated rings. The number of benzene rings is 4. The van der Waals surface area contributed by atoms with Crippen LogP contribution in [0.15, 0.2) is 46.0 Å². The highest BCUT2D eigenvalue weighted by molar-refractivity contribution is 6.02. The van der Waals surface area contributed by atoms with Crippen LogP contribution < -0.4 is 55.0 Å². The normalized spacial score (nSPS) is 22.5. The fourth-order valence-electron chi connectivity index (χ4n) is 18.0. The molecule has 28 nitrogen and oxygen atoms in total. The van der Waals surface area contributed by atoms with Crippen LogP contribution in [0.1, 0.15) is 121 Å². The largest absolute Gasteiger partial charge is 0.492 e. The number of methoxy groups -OCH3 is 2. The Labute approximate surface area is 651 Å². The van der Waals surface area contributed by atoms with E-state index in [2.05, 4.69) is 39.0 Å². The Bertz CT molecular complexity index is 4870. The second-order valence-corrected chi connectivity index (χ2v) is 31.3. The van der Waals surface area contributed by atoms with Gasteiger partial charge in [0.2, 0.25) is 22.7 Å². The van der Waals surface area contributed by atoms with Crippen LogP contribution in [0.2, 0.25) is 0 Å². The molecule has 10 heterocycles. The highest BCUT2D eigenvalue weighted by atomic mass is 19.1. The average Bonchev–Trinajstić information content (AvgIpc) is 1.71. The summed E-state index contributed by atoms with van der Waals surface area (Å²) in [4.78, 5) is 119. The van der Waals surface area contributed by atoms with E-state index < -0.39 is 77.3 Å². The maximum absolute atomic E-state index is 16.7. The second-order valence-electron chi connectivity index (χ2n) is 31.3. The quantitative estimate of drug-likeness (QED) is 0.0351. The fraction of sp³-hybridized carbons (Fsp3) is 0.556. The summed E-state index contributed by atoms with van der Waals surface area (Å²) in [5.74, 6) is -3.33. The Morgan fingerprint density at radius 3 is 1.41 bits per heavy atom. The number of nitrogens with zero attached hydrogens (tertiary/aromatic N) is 11. The summed E-state index contributed by atoms with van der Waals surface area (Å²) >= 11 is 0. The third kappa shape index (κ3) is 15.6. The molecule has 8 saturated heterocycles. The first-order valence-corrected chi connectivity index (χ1v) is 39.1. The van der Waals surface area contributed by atoms with Gasteiger partial charge in [0, 0.05) is 113 Å². The number of cyclic esters (lactones) is 2. The second kappa shape index (κ2) is 32.9. The van der Waals surface area contributed by atoms with Crippen molar-refractivity contribution in [1.29, 1.82) is 0 Å². The lowest BCUT2D eigenvalue weighted by Gasteiger charge is -2.33. The number of likely N-dealkylation sites (N-methyl/N-ethyl adjacent to an activating group) is 2. The number of aromatic carboxylic acids is 1. The molecule has 6 aromatic rings. The standard InChI is InChI=1S/C41H50F2N6O8.C24H30FN3O4.C16H20FN3O4/c1-23-33-36(39(54-5)37(35(23)43)46-18-26-7-6-12-44(4)32(26)21-46)49(27-8-9-27)24(2)34(38(33)51)40(52)56-22-47(25(3)50)19-29-20-48(41(53)57-29)28-10-11-31(30(42)17-28)45-13-15-55-16-14-45;1-12-17-20(28(15-7-8-15)13(2)18(22(17)29)24(30)31)23(32-4)21(19(12)25)27-10-14-6-5-9-26(3)16(14)11-27;1-11(21)18-9-13-10-20(16(22)24-13)12-2-3-15(14(17)8-12)19-4-6-23-7-5-19/h10-11,17,26-27,29,32H,6-9,12-16,18-22H2,1-5H3;14-16H,5-11H2,1-4H3,(H,30,31);2-3,8,13H,4-7,9-10H2,1H3,(H,18,21)/t26?,29-,32?;;13-/m0.0/s1. The molecule has 0 bridgehead atoms. The van der Waals surface area contributed by atoms with Gasteiger partial charge >= 0.3 is 24.1 Å². The number of carbonyl (C=O) groups is 6. The van der Waals surface area contributed by atoms with Gasteiger partial charge < -0.3 is 87.0 Å². The fourth-order valence-corrected chi connectivity index (χ4v) is 18.0. The van der Waals surface area contributed by atoms with Crippen molar-refractivity contribution >= 4 is 91.9 Å². The van der Waals surface area contributed by atoms with Gasteiger partial charge in [0.15, 0.2) is 29.9 Å². The number of aryl methyl sites for hydroxylation is 2. The van der Waals surface area contributed by atoms with Gasteiger partial charge in [-0.2, -0.15) is 0 Å². The zero-order valence-electron chi connectivity index (χ0n) is 65.7. The molecule has 10 aliphatic rings. The number of carboxylic acids is 1. The Morgan fingerprint density at radius 1 is 0.566 bits per heavy atom. The van der Waals surface area contributed by atoms with Crippen molar-refractivity contribution in [2.24, 2.45) is 11.8 Å². The van der Waals surface area contributed by atoms with E-state index in [0.29, 0.717) is 158 Å². The van der Waals surface area contributed by atoms with E-state index in [0.717, 1.165) is 71.0 Å². The van der Waals surface area contributed by atoms with Crippen LogP contribution in [-0.2, 0) is 33.3 Å². The van der Waals surface area contributed by atoms with Gasteiger partial charge in [-0.1, -0.05) is 0 Å². The number of anilines is 6. The SMILES string of the molecule is CC(=O)NC[C@H]1CN(c2ccc(N3CCOCC3)c(F)c2)C(=O)O1.COc1c(N2CC3CCCN(C)C3C2)c(F)c(C)c2c(=O)c(C(=O)O)c(C)n(C3CC3)c12.COc1c(N2CC3CCCN(C)C3C2)c(F)c(C)c2c(=O)c(C(=O)OCN(C[C@H]3CN(c4ccc(N5CCOCC5)c(F)c4)C(=O)O3)C(C)=O)c(C)n(C3CC3)c12. The summed E-state index contributed by atoms with van der Waals surface area (Å²) in [6.07, 6.45) is 5.32.